The molecule has 2 fully saturated rings. The summed E-state index contributed by atoms with van der Waals surface area (Å²) < 4.78 is 0. The van der Waals surface area contributed by atoms with Crippen LogP contribution in [0.2, 0.25) is 5.02 Å². The number of nitro groups is 1. The van der Waals surface area contributed by atoms with Crippen molar-refractivity contribution in [1.29, 1.82) is 0 Å². The highest BCUT2D eigenvalue weighted by molar-refractivity contribution is 6.30. The molecule has 0 saturated carbocycles. The maximum atomic E-state index is 14.5. The Morgan fingerprint density at radius 3 is 2.54 bits per heavy atom. The molecule has 3 aromatic carbocycles. The van der Waals surface area contributed by atoms with Gasteiger partial charge in [-0.15, -0.1) is 0 Å². The van der Waals surface area contributed by atoms with Crippen LogP contribution in [-0.4, -0.2) is 34.1 Å². The maximum absolute atomic E-state index is 14.5. The minimum Gasteiger partial charge on any atom is -0.324 e. The zero-order valence-electron chi connectivity index (χ0n) is 20.3. The summed E-state index contributed by atoms with van der Waals surface area (Å²) in [7, 11) is 0. The van der Waals surface area contributed by atoms with Gasteiger partial charge in [0.25, 0.3) is 5.69 Å². The van der Waals surface area contributed by atoms with E-state index in [2.05, 4.69) is 23.2 Å². The molecule has 0 aromatic heterocycles. The molecule has 0 aliphatic carbocycles. The maximum Gasteiger partial charge on any atom is 0.269 e. The number of carbonyl (C=O) groups is 2. The molecule has 3 aliphatic heterocycles. The normalized spacial score (nSPS) is 26.2. The van der Waals surface area contributed by atoms with E-state index in [0.29, 0.717) is 17.1 Å². The number of benzene rings is 3. The molecule has 3 aliphatic rings. The van der Waals surface area contributed by atoms with Crippen molar-refractivity contribution in [3.63, 3.8) is 0 Å². The highest BCUT2D eigenvalue weighted by Crippen LogP contribution is 2.61. The lowest BCUT2D eigenvalue weighted by Crippen LogP contribution is -2.52. The number of Topliss-reactive ketones (excluding diaryl/α,β-unsaturated/α-hetero) is 1. The fourth-order valence-electron chi connectivity index (χ4n) is 6.81. The van der Waals surface area contributed by atoms with Gasteiger partial charge in [0.05, 0.1) is 10.8 Å². The Hall–Kier alpha value is -3.55. The third-order valence-corrected chi connectivity index (χ3v) is 8.63. The standard InChI is InChI=1S/C29H26ClN3O4/c1-2-17-5-14-23-22(16-17)29(28(35)31-23)26(27(34)19-6-10-20(30)11-7-19)25(24-4-3-15-32(24)29)18-8-12-21(13-9-18)33(36)37/h5-14,16,24-26H,2-4,15H2,1H3,(H,31,35)/t24?,25?,26?,29-/m1/s1. The molecule has 2 saturated heterocycles. The molecular formula is C29H26ClN3O4. The van der Waals surface area contributed by atoms with E-state index in [1.165, 1.54) is 12.1 Å². The number of fused-ring (bicyclic) bond motifs is 4. The number of halogens is 1. The number of carbonyl (C=O) groups excluding carboxylic acids is 2. The molecule has 37 heavy (non-hydrogen) atoms. The van der Waals surface area contributed by atoms with E-state index in [-0.39, 0.29) is 29.3 Å². The number of nitro benzene ring substituents is 1. The molecule has 7 nitrogen and oxygen atoms in total. The Morgan fingerprint density at radius 2 is 1.86 bits per heavy atom. The second kappa shape index (κ2) is 8.78. The SMILES string of the molecule is CCc1ccc2c(c1)[C@]1(C(=O)N2)C(C(=O)c2ccc(Cl)cc2)C(c2ccc([N+](=O)[O-])cc2)C2CCCN21. The van der Waals surface area contributed by atoms with E-state index in [0.717, 1.165) is 41.6 Å². The summed E-state index contributed by atoms with van der Waals surface area (Å²) in [5, 5.41) is 14.9. The minimum atomic E-state index is -1.16. The van der Waals surface area contributed by atoms with Crippen LogP contribution in [0.25, 0.3) is 0 Å². The first-order chi connectivity index (χ1) is 17.9. The largest absolute Gasteiger partial charge is 0.324 e. The van der Waals surface area contributed by atoms with Gasteiger partial charge in [-0.25, -0.2) is 0 Å². The van der Waals surface area contributed by atoms with Gasteiger partial charge < -0.3 is 5.32 Å². The van der Waals surface area contributed by atoms with E-state index in [9.17, 15) is 19.7 Å². The summed E-state index contributed by atoms with van der Waals surface area (Å²) in [5.41, 5.74) is 2.85. The first-order valence-corrected chi connectivity index (χ1v) is 13.0. The van der Waals surface area contributed by atoms with Gasteiger partial charge in [0.2, 0.25) is 5.91 Å². The molecule has 188 valence electrons. The van der Waals surface area contributed by atoms with Gasteiger partial charge in [-0.2, -0.15) is 0 Å². The summed E-state index contributed by atoms with van der Waals surface area (Å²) in [4.78, 5) is 41.7. The van der Waals surface area contributed by atoms with E-state index >= 15 is 0 Å². The van der Waals surface area contributed by atoms with Crippen LogP contribution in [0, 0.1) is 16.0 Å². The van der Waals surface area contributed by atoms with Crippen LogP contribution >= 0.6 is 11.6 Å². The summed E-state index contributed by atoms with van der Waals surface area (Å²) in [6, 6.07) is 19.2. The molecule has 1 spiro atoms. The Kier molecular flexibility index (Phi) is 5.66. The number of non-ortho nitro benzene ring substituents is 1. The second-order valence-electron chi connectivity index (χ2n) is 10.1. The molecule has 3 aromatic rings. The van der Waals surface area contributed by atoms with Gasteiger partial charge in [-0.05, 0) is 67.3 Å². The molecule has 4 atom stereocenters. The number of amides is 1. The Bertz CT molecular complexity index is 1420. The van der Waals surface area contributed by atoms with Gasteiger partial charge in [0.1, 0.15) is 5.54 Å². The van der Waals surface area contributed by atoms with Crippen LogP contribution in [0.1, 0.15) is 52.7 Å². The Labute approximate surface area is 219 Å². The Morgan fingerprint density at radius 1 is 1.14 bits per heavy atom. The predicted octanol–water partition coefficient (Wildman–Crippen LogP) is 5.72. The average molecular weight is 516 g/mol. The van der Waals surface area contributed by atoms with Crippen molar-refractivity contribution >= 4 is 34.7 Å². The molecule has 6 rings (SSSR count). The van der Waals surface area contributed by atoms with Crippen molar-refractivity contribution in [2.75, 3.05) is 11.9 Å². The van der Waals surface area contributed by atoms with Gasteiger partial charge >= 0.3 is 0 Å². The number of anilines is 1. The molecule has 3 heterocycles. The lowest BCUT2D eigenvalue weighted by molar-refractivity contribution is -0.384. The van der Waals surface area contributed by atoms with Crippen molar-refractivity contribution < 1.29 is 14.5 Å². The zero-order valence-corrected chi connectivity index (χ0v) is 21.1. The van der Waals surface area contributed by atoms with Crippen LogP contribution in [-0.2, 0) is 16.8 Å². The summed E-state index contributed by atoms with van der Waals surface area (Å²) in [6.07, 6.45) is 2.56. The number of hydrogen-bond acceptors (Lipinski definition) is 5. The fourth-order valence-corrected chi connectivity index (χ4v) is 6.94. The number of aryl methyl sites for hydroxylation is 1. The minimum absolute atomic E-state index is 0.00291. The zero-order chi connectivity index (χ0) is 25.9. The smallest absolute Gasteiger partial charge is 0.269 e. The monoisotopic (exact) mass is 515 g/mol. The summed E-state index contributed by atoms with van der Waals surface area (Å²) in [5.74, 6) is -1.33. The quantitative estimate of drug-likeness (QED) is 0.266. The van der Waals surface area contributed by atoms with Gasteiger partial charge in [0, 0.05) is 45.9 Å². The average Bonchev–Trinajstić information content (AvgIpc) is 3.57. The predicted molar refractivity (Wildman–Crippen MR) is 141 cm³/mol. The van der Waals surface area contributed by atoms with Crippen molar-refractivity contribution in [2.45, 2.75) is 43.7 Å². The fraction of sp³-hybridized carbons (Fsp3) is 0.310. The van der Waals surface area contributed by atoms with Crippen LogP contribution < -0.4 is 5.32 Å². The highest BCUT2D eigenvalue weighted by atomic mass is 35.5. The molecule has 3 unspecified atom stereocenters. The number of rotatable bonds is 5. The number of nitrogens with zero attached hydrogens (tertiary/aromatic N) is 2. The number of nitrogens with one attached hydrogen (secondary N) is 1. The number of ketones is 1. The molecule has 0 radical (unpaired) electrons. The van der Waals surface area contributed by atoms with E-state index < -0.39 is 16.4 Å². The third kappa shape index (κ3) is 3.45. The van der Waals surface area contributed by atoms with Crippen LogP contribution in [0.15, 0.2) is 66.7 Å². The van der Waals surface area contributed by atoms with E-state index in [4.69, 9.17) is 11.6 Å². The van der Waals surface area contributed by atoms with Gasteiger partial charge in [-0.1, -0.05) is 42.8 Å². The third-order valence-electron chi connectivity index (χ3n) is 8.37. The lowest BCUT2D eigenvalue weighted by atomic mass is 9.68. The lowest BCUT2D eigenvalue weighted by Gasteiger charge is -2.37. The molecule has 0 bridgehead atoms. The van der Waals surface area contributed by atoms with Crippen molar-refractivity contribution in [3.05, 3.63) is 104 Å². The topological polar surface area (TPSA) is 92.5 Å². The van der Waals surface area contributed by atoms with Gasteiger partial charge in [0.15, 0.2) is 5.78 Å². The highest BCUT2D eigenvalue weighted by Gasteiger charge is 2.69. The van der Waals surface area contributed by atoms with Crippen LogP contribution in [0.5, 0.6) is 0 Å². The Balaban J connectivity index is 1.59. The van der Waals surface area contributed by atoms with Crippen molar-refractivity contribution in [3.8, 4) is 0 Å². The summed E-state index contributed by atoms with van der Waals surface area (Å²) >= 11 is 6.12. The van der Waals surface area contributed by atoms with Gasteiger partial charge in [-0.3, -0.25) is 24.6 Å². The van der Waals surface area contributed by atoms with Crippen LogP contribution in [0.3, 0.4) is 0 Å². The summed E-state index contributed by atoms with van der Waals surface area (Å²) in [6.45, 7) is 2.77. The first-order valence-electron chi connectivity index (χ1n) is 12.6. The molecule has 1 N–H and O–H groups in total. The van der Waals surface area contributed by atoms with Crippen molar-refractivity contribution in [2.24, 2.45) is 5.92 Å². The van der Waals surface area contributed by atoms with Crippen molar-refractivity contribution in [1.82, 2.24) is 4.90 Å². The first kappa shape index (κ1) is 23.8. The van der Waals surface area contributed by atoms with E-state index in [1.54, 1.807) is 36.4 Å². The molecule has 8 heteroatoms. The van der Waals surface area contributed by atoms with Crippen LogP contribution in [0.4, 0.5) is 11.4 Å². The van der Waals surface area contributed by atoms with E-state index in [1.807, 2.05) is 12.1 Å². The number of hydrogen-bond donors (Lipinski definition) is 1. The molecular weight excluding hydrogens is 490 g/mol. The second-order valence-corrected chi connectivity index (χ2v) is 10.5. The molecule has 1 amide bonds.